The third-order valence-corrected chi connectivity index (χ3v) is 3.64. The molecule has 3 heteroatoms. The molecule has 0 spiro atoms. The molecule has 0 heterocycles. The second-order valence-electron chi connectivity index (χ2n) is 5.17. The van der Waals surface area contributed by atoms with Crippen LogP contribution in [0.2, 0.25) is 0 Å². The predicted octanol–water partition coefficient (Wildman–Crippen LogP) is 3.67. The molecule has 1 unspecified atom stereocenters. The third-order valence-electron chi connectivity index (χ3n) is 3.64. The zero-order valence-corrected chi connectivity index (χ0v) is 12.9. The molecule has 1 atom stereocenters. The van der Waals surface area contributed by atoms with E-state index in [0.29, 0.717) is 13.2 Å². The molecule has 0 radical (unpaired) electrons. The molecule has 0 aromatic heterocycles. The van der Waals surface area contributed by atoms with Gasteiger partial charge in [0.15, 0.2) is 0 Å². The van der Waals surface area contributed by atoms with Gasteiger partial charge < -0.3 is 10.1 Å². The number of unbranched alkanes of at least 4 members (excludes halogenated alkanes) is 1. The molecule has 0 bridgehead atoms. The van der Waals surface area contributed by atoms with Gasteiger partial charge in [-0.3, -0.25) is 4.79 Å². The van der Waals surface area contributed by atoms with Gasteiger partial charge in [-0.05, 0) is 24.0 Å². The fraction of sp³-hybridized carbons (Fsp3) is 0.588. The highest BCUT2D eigenvalue weighted by Gasteiger charge is 2.15. The Kier molecular flexibility index (Phi) is 7.97. The Labute approximate surface area is 122 Å². The Bertz CT molecular complexity index is 404. The Morgan fingerprint density at radius 1 is 1.25 bits per heavy atom. The maximum Gasteiger partial charge on any atom is 0.223 e. The first-order valence-electron chi connectivity index (χ1n) is 7.56. The number of amides is 1. The summed E-state index contributed by atoms with van der Waals surface area (Å²) in [6.45, 7) is 5.41. The van der Waals surface area contributed by atoms with E-state index in [1.807, 2.05) is 24.3 Å². The number of benzene rings is 1. The van der Waals surface area contributed by atoms with Crippen LogP contribution in [0.25, 0.3) is 0 Å². The summed E-state index contributed by atoms with van der Waals surface area (Å²) in [4.78, 5) is 12.2. The molecule has 112 valence electrons. The number of rotatable bonds is 9. The lowest BCUT2D eigenvalue weighted by Gasteiger charge is -2.15. The van der Waals surface area contributed by atoms with Gasteiger partial charge >= 0.3 is 0 Å². The number of methoxy groups -OCH3 is 1. The van der Waals surface area contributed by atoms with Crippen molar-refractivity contribution in [3.8, 4) is 0 Å². The van der Waals surface area contributed by atoms with Crippen LogP contribution in [0.5, 0.6) is 0 Å². The molecule has 0 aliphatic carbocycles. The van der Waals surface area contributed by atoms with Crippen LogP contribution in [-0.4, -0.2) is 13.0 Å². The zero-order valence-electron chi connectivity index (χ0n) is 12.9. The SMILES string of the molecule is CCCCC(CC)C(=O)NCc1ccccc1COC. The van der Waals surface area contributed by atoms with Gasteiger partial charge in [-0.1, -0.05) is 51.0 Å². The van der Waals surface area contributed by atoms with E-state index in [1.54, 1.807) is 7.11 Å². The third kappa shape index (κ3) is 5.33. The standard InChI is InChI=1S/C17H27NO2/c1-4-6-9-14(5-2)17(19)18-12-15-10-7-8-11-16(15)13-20-3/h7-8,10-11,14H,4-6,9,12-13H2,1-3H3,(H,18,19). The van der Waals surface area contributed by atoms with E-state index in [0.717, 1.165) is 36.8 Å². The molecule has 1 N–H and O–H groups in total. The summed E-state index contributed by atoms with van der Waals surface area (Å²) in [5, 5.41) is 3.06. The molecular weight excluding hydrogens is 250 g/mol. The van der Waals surface area contributed by atoms with Crippen molar-refractivity contribution in [1.29, 1.82) is 0 Å². The van der Waals surface area contributed by atoms with Crippen LogP contribution in [0.3, 0.4) is 0 Å². The lowest BCUT2D eigenvalue weighted by molar-refractivity contribution is -0.125. The van der Waals surface area contributed by atoms with Crippen LogP contribution >= 0.6 is 0 Å². The number of hydrogen-bond acceptors (Lipinski definition) is 2. The molecule has 1 aromatic carbocycles. The molecule has 0 fully saturated rings. The second kappa shape index (κ2) is 9.54. The minimum absolute atomic E-state index is 0.143. The van der Waals surface area contributed by atoms with E-state index in [-0.39, 0.29) is 11.8 Å². The van der Waals surface area contributed by atoms with Gasteiger partial charge in [0.25, 0.3) is 0 Å². The van der Waals surface area contributed by atoms with Crippen LogP contribution in [0.1, 0.15) is 50.7 Å². The molecule has 3 nitrogen and oxygen atoms in total. The molecular formula is C17H27NO2. The average Bonchev–Trinajstić information content (AvgIpc) is 2.47. The van der Waals surface area contributed by atoms with E-state index >= 15 is 0 Å². The Hall–Kier alpha value is -1.35. The Morgan fingerprint density at radius 3 is 2.55 bits per heavy atom. The first kappa shape index (κ1) is 16.7. The maximum absolute atomic E-state index is 12.2. The average molecular weight is 277 g/mol. The lowest BCUT2D eigenvalue weighted by atomic mass is 9.98. The monoisotopic (exact) mass is 277 g/mol. The van der Waals surface area contributed by atoms with Crippen LogP contribution in [0.4, 0.5) is 0 Å². The van der Waals surface area contributed by atoms with Crippen molar-refractivity contribution in [1.82, 2.24) is 5.32 Å². The molecule has 0 saturated carbocycles. The summed E-state index contributed by atoms with van der Waals surface area (Å²) in [6.07, 6.45) is 4.15. The van der Waals surface area contributed by atoms with E-state index < -0.39 is 0 Å². The summed E-state index contributed by atoms with van der Waals surface area (Å²) >= 11 is 0. The fourth-order valence-electron chi connectivity index (χ4n) is 2.32. The number of nitrogens with one attached hydrogen (secondary N) is 1. The Balaban J connectivity index is 2.55. The molecule has 1 aromatic rings. The van der Waals surface area contributed by atoms with Crippen molar-refractivity contribution in [3.63, 3.8) is 0 Å². The summed E-state index contributed by atoms with van der Waals surface area (Å²) in [6, 6.07) is 8.08. The normalized spacial score (nSPS) is 12.2. The van der Waals surface area contributed by atoms with Gasteiger partial charge in [0.2, 0.25) is 5.91 Å². The smallest absolute Gasteiger partial charge is 0.223 e. The summed E-state index contributed by atoms with van der Waals surface area (Å²) in [7, 11) is 1.69. The molecule has 0 aliphatic rings. The predicted molar refractivity (Wildman–Crippen MR) is 82.3 cm³/mol. The molecule has 0 saturated heterocycles. The largest absolute Gasteiger partial charge is 0.380 e. The van der Waals surface area contributed by atoms with E-state index in [1.165, 1.54) is 0 Å². The summed E-state index contributed by atoms with van der Waals surface area (Å²) in [5.74, 6) is 0.317. The highest BCUT2D eigenvalue weighted by atomic mass is 16.5. The van der Waals surface area contributed by atoms with Crippen molar-refractivity contribution in [2.45, 2.75) is 52.7 Å². The number of carbonyl (C=O) groups excluding carboxylic acids is 1. The van der Waals surface area contributed by atoms with E-state index in [2.05, 4.69) is 19.2 Å². The summed E-state index contributed by atoms with van der Waals surface area (Å²) < 4.78 is 5.18. The van der Waals surface area contributed by atoms with Gasteiger partial charge in [-0.15, -0.1) is 0 Å². The first-order valence-corrected chi connectivity index (χ1v) is 7.56. The topological polar surface area (TPSA) is 38.3 Å². The second-order valence-corrected chi connectivity index (χ2v) is 5.17. The van der Waals surface area contributed by atoms with Crippen molar-refractivity contribution in [2.24, 2.45) is 5.92 Å². The van der Waals surface area contributed by atoms with Crippen molar-refractivity contribution in [2.75, 3.05) is 7.11 Å². The van der Waals surface area contributed by atoms with E-state index in [9.17, 15) is 4.79 Å². The number of ether oxygens (including phenoxy) is 1. The minimum Gasteiger partial charge on any atom is -0.380 e. The Morgan fingerprint density at radius 2 is 1.95 bits per heavy atom. The van der Waals surface area contributed by atoms with Crippen LogP contribution < -0.4 is 5.32 Å². The van der Waals surface area contributed by atoms with Gasteiger partial charge in [0, 0.05) is 19.6 Å². The van der Waals surface area contributed by atoms with Crippen molar-refractivity contribution >= 4 is 5.91 Å². The quantitative estimate of drug-likeness (QED) is 0.748. The lowest BCUT2D eigenvalue weighted by Crippen LogP contribution is -2.30. The van der Waals surface area contributed by atoms with Crippen LogP contribution in [-0.2, 0) is 22.7 Å². The number of hydrogen-bond donors (Lipinski definition) is 1. The molecule has 20 heavy (non-hydrogen) atoms. The van der Waals surface area contributed by atoms with Crippen LogP contribution in [0, 0.1) is 5.92 Å². The van der Waals surface area contributed by atoms with Crippen molar-refractivity contribution in [3.05, 3.63) is 35.4 Å². The van der Waals surface area contributed by atoms with Gasteiger partial charge in [0.05, 0.1) is 6.61 Å². The van der Waals surface area contributed by atoms with Gasteiger partial charge in [0.1, 0.15) is 0 Å². The van der Waals surface area contributed by atoms with Gasteiger partial charge in [-0.25, -0.2) is 0 Å². The first-order chi connectivity index (χ1) is 9.72. The minimum atomic E-state index is 0.143. The van der Waals surface area contributed by atoms with Crippen molar-refractivity contribution < 1.29 is 9.53 Å². The highest BCUT2D eigenvalue weighted by Crippen LogP contribution is 2.14. The highest BCUT2D eigenvalue weighted by molar-refractivity contribution is 5.78. The molecule has 1 rings (SSSR count). The van der Waals surface area contributed by atoms with Crippen LogP contribution in [0.15, 0.2) is 24.3 Å². The summed E-state index contributed by atoms with van der Waals surface area (Å²) in [5.41, 5.74) is 2.27. The maximum atomic E-state index is 12.2. The molecule has 1 amide bonds. The van der Waals surface area contributed by atoms with Gasteiger partial charge in [-0.2, -0.15) is 0 Å². The number of carbonyl (C=O) groups is 1. The van der Waals surface area contributed by atoms with E-state index in [4.69, 9.17) is 4.74 Å². The zero-order chi connectivity index (χ0) is 14.8. The molecule has 0 aliphatic heterocycles. The fourth-order valence-corrected chi connectivity index (χ4v) is 2.32.